The summed E-state index contributed by atoms with van der Waals surface area (Å²) in [6, 6.07) is 10.1. The van der Waals surface area contributed by atoms with Crippen LogP contribution >= 0.6 is 23.2 Å². The Morgan fingerprint density at radius 2 is 1.70 bits per heavy atom. The van der Waals surface area contributed by atoms with Crippen LogP contribution in [0.3, 0.4) is 0 Å². The van der Waals surface area contributed by atoms with Crippen molar-refractivity contribution < 1.29 is 13.2 Å². The highest BCUT2D eigenvalue weighted by molar-refractivity contribution is 6.36. The summed E-state index contributed by atoms with van der Waals surface area (Å²) in [7, 11) is 0. The average Bonchev–Trinajstić information content (AvgIpc) is 2.59. The number of hydrogen-bond acceptors (Lipinski definition) is 3. The number of halogens is 5. The Balaban J connectivity index is 2.03. The second-order valence-corrected chi connectivity index (χ2v) is 6.58. The van der Waals surface area contributed by atoms with E-state index >= 15 is 0 Å². The maximum Gasteiger partial charge on any atom is 0.416 e. The number of hydrogen-bond donors (Lipinski definition) is 1. The van der Waals surface area contributed by atoms with Crippen molar-refractivity contribution in [3.8, 4) is 5.69 Å². The molecule has 140 valence electrons. The molecule has 0 bridgehead atoms. The molecule has 0 aliphatic rings. The number of benzene rings is 2. The molecule has 4 nitrogen and oxygen atoms in total. The first kappa shape index (κ1) is 19.3. The van der Waals surface area contributed by atoms with E-state index in [0.717, 1.165) is 16.8 Å². The predicted molar refractivity (Wildman–Crippen MR) is 98.5 cm³/mol. The summed E-state index contributed by atoms with van der Waals surface area (Å²) in [6.45, 7) is 0. The minimum absolute atomic E-state index is 0.00572. The maximum absolute atomic E-state index is 12.9. The molecule has 2 aromatic carbocycles. The monoisotopic (exact) mass is 413 g/mol. The van der Waals surface area contributed by atoms with Crippen LogP contribution in [0.2, 0.25) is 10.0 Å². The molecule has 0 saturated carbocycles. The molecule has 0 aliphatic carbocycles. The molecule has 2 N–H and O–H groups in total. The van der Waals surface area contributed by atoms with Gasteiger partial charge >= 0.3 is 6.18 Å². The summed E-state index contributed by atoms with van der Waals surface area (Å²) in [5, 5.41) is 4.82. The van der Waals surface area contributed by atoms with Crippen LogP contribution < -0.4 is 11.3 Å². The lowest BCUT2D eigenvalue weighted by molar-refractivity contribution is -0.137. The van der Waals surface area contributed by atoms with E-state index in [1.807, 2.05) is 0 Å². The summed E-state index contributed by atoms with van der Waals surface area (Å²) in [5.41, 5.74) is 5.59. The number of nitrogen functional groups attached to an aromatic ring is 1. The zero-order chi connectivity index (χ0) is 19.8. The van der Waals surface area contributed by atoms with Crippen molar-refractivity contribution in [3.05, 3.63) is 85.8 Å². The minimum atomic E-state index is -4.53. The molecule has 0 amide bonds. The summed E-state index contributed by atoms with van der Waals surface area (Å²) in [5.74, 6) is 0. The highest BCUT2D eigenvalue weighted by Gasteiger charge is 2.30. The third kappa shape index (κ3) is 4.26. The van der Waals surface area contributed by atoms with Gasteiger partial charge in [0.25, 0.3) is 5.56 Å². The third-order valence-electron chi connectivity index (χ3n) is 3.79. The van der Waals surface area contributed by atoms with E-state index in [-0.39, 0.29) is 12.1 Å². The molecule has 1 aromatic heterocycles. The number of nitrogens with zero attached hydrogens (tertiary/aromatic N) is 2. The van der Waals surface area contributed by atoms with E-state index < -0.39 is 17.3 Å². The van der Waals surface area contributed by atoms with Gasteiger partial charge in [-0.05, 0) is 42.0 Å². The van der Waals surface area contributed by atoms with Gasteiger partial charge in [0.1, 0.15) is 0 Å². The summed E-state index contributed by atoms with van der Waals surface area (Å²) < 4.78 is 39.7. The van der Waals surface area contributed by atoms with Crippen LogP contribution in [0.5, 0.6) is 0 Å². The number of aromatic nitrogens is 2. The van der Waals surface area contributed by atoms with Gasteiger partial charge in [-0.25, -0.2) is 0 Å². The van der Waals surface area contributed by atoms with Gasteiger partial charge in [-0.3, -0.25) is 4.79 Å². The van der Waals surface area contributed by atoms with Crippen LogP contribution in [-0.4, -0.2) is 9.78 Å². The number of rotatable bonds is 3. The fraction of sp³-hybridized carbons (Fsp3) is 0.111. The fourth-order valence-corrected chi connectivity index (χ4v) is 3.15. The van der Waals surface area contributed by atoms with E-state index in [0.29, 0.717) is 27.0 Å². The van der Waals surface area contributed by atoms with E-state index in [2.05, 4.69) is 5.10 Å². The fourth-order valence-electron chi connectivity index (χ4n) is 2.52. The van der Waals surface area contributed by atoms with Crippen LogP contribution in [0.25, 0.3) is 5.69 Å². The van der Waals surface area contributed by atoms with Crippen molar-refractivity contribution in [2.45, 2.75) is 12.6 Å². The zero-order valence-electron chi connectivity index (χ0n) is 13.6. The lowest BCUT2D eigenvalue weighted by atomic mass is 10.1. The smallest absolute Gasteiger partial charge is 0.399 e. The van der Waals surface area contributed by atoms with Gasteiger partial charge in [-0.2, -0.15) is 23.0 Å². The van der Waals surface area contributed by atoms with E-state index in [1.54, 1.807) is 0 Å². The van der Waals surface area contributed by atoms with Crippen LogP contribution in [0.4, 0.5) is 18.9 Å². The Hall–Kier alpha value is -2.51. The molecule has 0 unspecified atom stereocenters. The molecule has 0 radical (unpaired) electrons. The Bertz CT molecular complexity index is 1040. The zero-order valence-corrected chi connectivity index (χ0v) is 15.1. The van der Waals surface area contributed by atoms with E-state index in [9.17, 15) is 18.0 Å². The minimum Gasteiger partial charge on any atom is -0.399 e. The summed E-state index contributed by atoms with van der Waals surface area (Å²) in [6.07, 6.45) is -4.35. The molecule has 27 heavy (non-hydrogen) atoms. The predicted octanol–water partition coefficient (Wildman–Crippen LogP) is 4.73. The van der Waals surface area contributed by atoms with Crippen LogP contribution in [0.1, 0.15) is 16.8 Å². The van der Waals surface area contributed by atoms with Gasteiger partial charge in [0, 0.05) is 28.2 Å². The van der Waals surface area contributed by atoms with Gasteiger partial charge < -0.3 is 5.73 Å². The summed E-state index contributed by atoms with van der Waals surface area (Å²) >= 11 is 12.3. The topological polar surface area (TPSA) is 60.9 Å². The molecule has 0 spiro atoms. The average molecular weight is 414 g/mol. The van der Waals surface area contributed by atoms with Gasteiger partial charge in [-0.15, -0.1) is 0 Å². The SMILES string of the molecule is Nc1cc(Cl)c(Cc2ccc(=O)n(-c3cccc(C(F)(F)F)c3)n2)c(Cl)c1. The second-order valence-electron chi connectivity index (χ2n) is 5.76. The molecule has 9 heteroatoms. The molecule has 0 saturated heterocycles. The second kappa shape index (κ2) is 7.25. The molecular weight excluding hydrogens is 402 g/mol. The highest BCUT2D eigenvalue weighted by Crippen LogP contribution is 2.31. The largest absolute Gasteiger partial charge is 0.416 e. The lowest BCUT2D eigenvalue weighted by Crippen LogP contribution is -2.22. The van der Waals surface area contributed by atoms with Crippen molar-refractivity contribution in [1.82, 2.24) is 9.78 Å². The first-order valence-corrected chi connectivity index (χ1v) is 8.41. The van der Waals surface area contributed by atoms with Crippen molar-refractivity contribution in [3.63, 3.8) is 0 Å². The van der Waals surface area contributed by atoms with Crippen LogP contribution in [-0.2, 0) is 12.6 Å². The molecule has 0 atom stereocenters. The van der Waals surface area contributed by atoms with Crippen LogP contribution in [0.15, 0.2) is 53.3 Å². The van der Waals surface area contributed by atoms with Gasteiger partial charge in [-0.1, -0.05) is 29.3 Å². The molecule has 3 aromatic rings. The Labute approximate surface area is 161 Å². The Morgan fingerprint density at radius 3 is 2.33 bits per heavy atom. The molecule has 1 heterocycles. The van der Waals surface area contributed by atoms with Gasteiger partial charge in [0.05, 0.1) is 16.9 Å². The van der Waals surface area contributed by atoms with Crippen molar-refractivity contribution in [2.75, 3.05) is 5.73 Å². The standard InChI is InChI=1S/C18H12Cl2F3N3O/c19-15-7-11(24)8-16(20)14(15)9-12-4-5-17(27)26(25-12)13-3-1-2-10(6-13)18(21,22)23/h1-8H,9,24H2. The number of alkyl halides is 3. The Morgan fingerprint density at radius 1 is 1.04 bits per heavy atom. The first-order valence-electron chi connectivity index (χ1n) is 7.65. The van der Waals surface area contributed by atoms with Crippen molar-refractivity contribution >= 4 is 28.9 Å². The lowest BCUT2D eigenvalue weighted by Gasteiger charge is -2.12. The summed E-state index contributed by atoms with van der Waals surface area (Å²) in [4.78, 5) is 12.1. The third-order valence-corrected chi connectivity index (χ3v) is 4.47. The molecular formula is C18H12Cl2F3N3O. The number of anilines is 1. The van der Waals surface area contributed by atoms with E-state index in [1.165, 1.54) is 36.4 Å². The molecule has 3 rings (SSSR count). The Kier molecular flexibility index (Phi) is 5.17. The number of nitrogens with two attached hydrogens (primary N) is 1. The van der Waals surface area contributed by atoms with Crippen molar-refractivity contribution in [1.29, 1.82) is 0 Å². The molecule has 0 aliphatic heterocycles. The van der Waals surface area contributed by atoms with Gasteiger partial charge in [0.15, 0.2) is 0 Å². The highest BCUT2D eigenvalue weighted by atomic mass is 35.5. The van der Waals surface area contributed by atoms with E-state index in [4.69, 9.17) is 28.9 Å². The van der Waals surface area contributed by atoms with Gasteiger partial charge in [0.2, 0.25) is 0 Å². The quantitative estimate of drug-likeness (QED) is 0.631. The molecule has 0 fully saturated rings. The maximum atomic E-state index is 12.9. The first-order chi connectivity index (χ1) is 12.6. The van der Waals surface area contributed by atoms with Crippen molar-refractivity contribution in [2.24, 2.45) is 0 Å². The van der Waals surface area contributed by atoms with Crippen LogP contribution in [0, 0.1) is 0 Å². The normalized spacial score (nSPS) is 11.6.